The van der Waals surface area contributed by atoms with Crippen molar-refractivity contribution >= 4 is 35.3 Å². The van der Waals surface area contributed by atoms with Crippen LogP contribution in [0.4, 0.5) is 5.69 Å². The van der Waals surface area contributed by atoms with E-state index in [2.05, 4.69) is 10.5 Å². The number of carbonyl (C=O) groups is 2. The molecule has 1 N–H and O–H groups in total. The maximum Gasteiger partial charge on any atom is 0.270 e. The molecule has 9 heteroatoms. The second-order valence-corrected chi connectivity index (χ2v) is 5.79. The molecule has 8 nitrogen and oxygen atoms in total. The van der Waals surface area contributed by atoms with Crippen LogP contribution >= 0.6 is 11.6 Å². The minimum atomic E-state index is -0.544. The van der Waals surface area contributed by atoms with Gasteiger partial charge in [-0.05, 0) is 18.9 Å². The minimum absolute atomic E-state index is 0.0339. The first-order chi connectivity index (χ1) is 11.5. The lowest BCUT2D eigenvalue weighted by Gasteiger charge is -2.18. The summed E-state index contributed by atoms with van der Waals surface area (Å²) in [5.74, 6) is -0.462. The number of nitrogens with one attached hydrogen (secondary N) is 1. The predicted molar refractivity (Wildman–Crippen MR) is 88.9 cm³/mol. The highest BCUT2D eigenvalue weighted by Gasteiger charge is 2.18. The summed E-state index contributed by atoms with van der Waals surface area (Å²) < 4.78 is 0. The topological polar surface area (TPSA) is 105 Å². The van der Waals surface area contributed by atoms with E-state index in [0.29, 0.717) is 18.5 Å². The molecule has 0 radical (unpaired) electrons. The maximum absolute atomic E-state index is 11.9. The molecule has 128 valence electrons. The molecule has 1 aromatic rings. The third kappa shape index (κ3) is 5.02. The van der Waals surface area contributed by atoms with E-state index in [9.17, 15) is 19.7 Å². The lowest BCUT2D eigenvalue weighted by atomic mass is 10.2. The Morgan fingerprint density at radius 1 is 1.42 bits per heavy atom. The predicted octanol–water partition coefficient (Wildman–Crippen LogP) is 2.10. The largest absolute Gasteiger partial charge is 0.333 e. The number of nitrogens with zero attached hydrogens (tertiary/aromatic N) is 3. The van der Waals surface area contributed by atoms with Crippen molar-refractivity contribution in [3.8, 4) is 0 Å². The Labute approximate surface area is 143 Å². The van der Waals surface area contributed by atoms with Crippen LogP contribution in [0.1, 0.15) is 31.2 Å². The SMILES string of the molecule is O=C(CN1CCCCCC1=O)N/N=C\c1cc([N+](=O)[O-])ccc1Cl. The number of hydrogen-bond donors (Lipinski definition) is 1. The number of rotatable bonds is 5. The number of halogens is 1. The molecule has 1 aromatic carbocycles. The molecule has 0 unspecified atom stereocenters. The Morgan fingerprint density at radius 3 is 2.96 bits per heavy atom. The summed E-state index contributed by atoms with van der Waals surface area (Å²) in [6.45, 7) is 0.505. The average Bonchev–Trinajstić information content (AvgIpc) is 2.74. The highest BCUT2D eigenvalue weighted by Crippen LogP contribution is 2.20. The van der Waals surface area contributed by atoms with E-state index in [-0.39, 0.29) is 23.2 Å². The fraction of sp³-hybridized carbons (Fsp3) is 0.400. The van der Waals surface area contributed by atoms with E-state index in [4.69, 9.17) is 11.6 Å². The number of carbonyl (C=O) groups excluding carboxylic acids is 2. The molecule has 1 saturated heterocycles. The molecule has 1 aliphatic rings. The van der Waals surface area contributed by atoms with Crippen LogP contribution < -0.4 is 5.43 Å². The Bertz CT molecular complexity index is 677. The van der Waals surface area contributed by atoms with Crippen LogP contribution in [0.5, 0.6) is 0 Å². The third-order valence-electron chi connectivity index (χ3n) is 3.59. The Balaban J connectivity index is 1.93. The van der Waals surface area contributed by atoms with Crippen molar-refractivity contribution in [2.75, 3.05) is 13.1 Å². The fourth-order valence-electron chi connectivity index (χ4n) is 2.33. The van der Waals surface area contributed by atoms with Gasteiger partial charge >= 0.3 is 0 Å². The van der Waals surface area contributed by atoms with Gasteiger partial charge in [0.05, 0.1) is 11.1 Å². The summed E-state index contributed by atoms with van der Waals surface area (Å²) >= 11 is 5.93. The zero-order valence-electron chi connectivity index (χ0n) is 12.9. The van der Waals surface area contributed by atoms with Gasteiger partial charge in [0.2, 0.25) is 5.91 Å². The lowest BCUT2D eigenvalue weighted by molar-refractivity contribution is -0.384. The van der Waals surface area contributed by atoms with Crippen LogP contribution in [0.3, 0.4) is 0 Å². The van der Waals surface area contributed by atoms with E-state index in [1.54, 1.807) is 0 Å². The van der Waals surface area contributed by atoms with Gasteiger partial charge in [-0.15, -0.1) is 0 Å². The molecule has 0 spiro atoms. The highest BCUT2D eigenvalue weighted by molar-refractivity contribution is 6.33. The quantitative estimate of drug-likeness (QED) is 0.497. The van der Waals surface area contributed by atoms with Gasteiger partial charge in [-0.2, -0.15) is 5.10 Å². The van der Waals surface area contributed by atoms with Gasteiger partial charge in [-0.3, -0.25) is 19.7 Å². The first-order valence-corrected chi connectivity index (χ1v) is 7.89. The van der Waals surface area contributed by atoms with E-state index in [0.717, 1.165) is 19.3 Å². The Hall–Kier alpha value is -2.48. The number of nitro groups is 1. The van der Waals surface area contributed by atoms with Crippen molar-refractivity contribution in [2.24, 2.45) is 5.10 Å². The van der Waals surface area contributed by atoms with Crippen LogP contribution in [-0.2, 0) is 9.59 Å². The number of hydrogen-bond acceptors (Lipinski definition) is 5. The molecule has 1 aliphatic heterocycles. The average molecular weight is 353 g/mol. The van der Waals surface area contributed by atoms with Gasteiger partial charge in [0.25, 0.3) is 11.6 Å². The summed E-state index contributed by atoms with van der Waals surface area (Å²) in [7, 11) is 0. The van der Waals surface area contributed by atoms with Crippen LogP contribution in [0.15, 0.2) is 23.3 Å². The van der Waals surface area contributed by atoms with Crippen LogP contribution in [-0.4, -0.2) is 40.9 Å². The van der Waals surface area contributed by atoms with Crippen molar-refractivity contribution < 1.29 is 14.5 Å². The van der Waals surface area contributed by atoms with Crippen molar-refractivity contribution in [3.05, 3.63) is 38.9 Å². The normalized spacial score (nSPS) is 15.4. The molecule has 0 bridgehead atoms. The second kappa shape index (κ2) is 8.39. The molecule has 1 heterocycles. The van der Waals surface area contributed by atoms with Gasteiger partial charge in [-0.1, -0.05) is 18.0 Å². The first-order valence-electron chi connectivity index (χ1n) is 7.51. The first kappa shape index (κ1) is 17.9. The molecule has 1 fully saturated rings. The molecular formula is C15H17ClN4O4. The summed E-state index contributed by atoms with van der Waals surface area (Å²) in [6.07, 6.45) is 4.40. The standard InChI is InChI=1S/C15H17ClN4O4/c16-13-6-5-12(20(23)24)8-11(13)9-17-18-14(21)10-19-7-3-1-2-4-15(19)22/h5-6,8-9H,1-4,7,10H2,(H,18,21)/b17-9-. The molecule has 2 rings (SSSR count). The zero-order valence-corrected chi connectivity index (χ0v) is 13.7. The molecule has 24 heavy (non-hydrogen) atoms. The molecule has 0 aliphatic carbocycles. The third-order valence-corrected chi connectivity index (χ3v) is 3.93. The van der Waals surface area contributed by atoms with Crippen molar-refractivity contribution in [3.63, 3.8) is 0 Å². The summed E-state index contributed by atoms with van der Waals surface area (Å²) in [5, 5.41) is 14.8. The molecular weight excluding hydrogens is 336 g/mol. The van der Waals surface area contributed by atoms with E-state index >= 15 is 0 Å². The summed E-state index contributed by atoms with van der Waals surface area (Å²) in [5.41, 5.74) is 2.50. The van der Waals surface area contributed by atoms with Crippen LogP contribution in [0.2, 0.25) is 5.02 Å². The summed E-state index contributed by atoms with van der Waals surface area (Å²) in [4.78, 5) is 35.4. The zero-order chi connectivity index (χ0) is 17.5. The van der Waals surface area contributed by atoms with Crippen LogP contribution in [0.25, 0.3) is 0 Å². The number of hydrazone groups is 1. The Morgan fingerprint density at radius 2 is 2.21 bits per heavy atom. The van der Waals surface area contributed by atoms with Gasteiger partial charge in [-0.25, -0.2) is 5.43 Å². The molecule has 0 atom stereocenters. The van der Waals surface area contributed by atoms with Crippen molar-refractivity contribution in [2.45, 2.75) is 25.7 Å². The fourth-order valence-corrected chi connectivity index (χ4v) is 2.50. The van der Waals surface area contributed by atoms with Crippen molar-refractivity contribution in [1.82, 2.24) is 10.3 Å². The van der Waals surface area contributed by atoms with Gasteiger partial charge in [0, 0.05) is 35.7 Å². The van der Waals surface area contributed by atoms with Gasteiger partial charge in [0.15, 0.2) is 0 Å². The second-order valence-electron chi connectivity index (χ2n) is 5.38. The maximum atomic E-state index is 11.9. The highest BCUT2D eigenvalue weighted by atomic mass is 35.5. The van der Waals surface area contributed by atoms with E-state index in [1.165, 1.54) is 29.3 Å². The lowest BCUT2D eigenvalue weighted by Crippen LogP contribution is -2.39. The number of nitro benzene ring substituents is 1. The van der Waals surface area contributed by atoms with Crippen molar-refractivity contribution in [1.29, 1.82) is 0 Å². The molecule has 0 saturated carbocycles. The van der Waals surface area contributed by atoms with E-state index < -0.39 is 10.8 Å². The number of amides is 2. The number of non-ortho nitro benzene ring substituents is 1. The van der Waals surface area contributed by atoms with Gasteiger partial charge in [0.1, 0.15) is 6.54 Å². The smallest absolute Gasteiger partial charge is 0.270 e. The number of benzene rings is 1. The molecule has 0 aromatic heterocycles. The minimum Gasteiger partial charge on any atom is -0.333 e. The summed E-state index contributed by atoms with van der Waals surface area (Å²) in [6, 6.07) is 3.93. The monoisotopic (exact) mass is 352 g/mol. The Kier molecular flexibility index (Phi) is 6.25. The number of likely N-dealkylation sites (tertiary alicyclic amines) is 1. The van der Waals surface area contributed by atoms with Crippen LogP contribution in [0, 0.1) is 10.1 Å². The van der Waals surface area contributed by atoms with Gasteiger partial charge < -0.3 is 4.90 Å². The molecule has 2 amide bonds. The van der Waals surface area contributed by atoms with E-state index in [1.807, 2.05) is 0 Å².